The summed E-state index contributed by atoms with van der Waals surface area (Å²) in [4.78, 5) is 35.3. The van der Waals surface area contributed by atoms with Crippen LogP contribution in [0, 0.1) is 5.92 Å². The molecule has 0 bridgehead atoms. The number of hydrogen-bond acceptors (Lipinski definition) is 4. The third-order valence-electron chi connectivity index (χ3n) is 3.58. The van der Waals surface area contributed by atoms with E-state index in [0.29, 0.717) is 18.5 Å². The highest BCUT2D eigenvalue weighted by Crippen LogP contribution is 2.17. The second kappa shape index (κ2) is 7.82. The van der Waals surface area contributed by atoms with Crippen LogP contribution in [0.25, 0.3) is 0 Å². The molecule has 2 amide bonds. The van der Waals surface area contributed by atoms with Gasteiger partial charge in [-0.25, -0.2) is 9.59 Å². The molecule has 21 heavy (non-hydrogen) atoms. The van der Waals surface area contributed by atoms with E-state index in [2.05, 4.69) is 29.4 Å². The van der Waals surface area contributed by atoms with Crippen molar-refractivity contribution < 1.29 is 24.6 Å². The van der Waals surface area contributed by atoms with Crippen molar-refractivity contribution in [3.05, 3.63) is 0 Å². The Morgan fingerprint density at radius 1 is 1.29 bits per heavy atom. The number of nitrogens with one attached hydrogen (secondary N) is 2. The van der Waals surface area contributed by atoms with E-state index >= 15 is 0 Å². The van der Waals surface area contributed by atoms with Crippen molar-refractivity contribution in [1.82, 2.24) is 15.5 Å². The van der Waals surface area contributed by atoms with E-state index in [9.17, 15) is 14.4 Å². The first-order valence-electron chi connectivity index (χ1n) is 7.02. The lowest BCUT2D eigenvalue weighted by molar-refractivity contribution is -0.145. The van der Waals surface area contributed by atoms with E-state index in [1.807, 2.05) is 0 Å². The van der Waals surface area contributed by atoms with E-state index < -0.39 is 30.4 Å². The summed E-state index contributed by atoms with van der Waals surface area (Å²) in [6.45, 7) is 6.57. The highest BCUT2D eigenvalue weighted by Gasteiger charge is 2.26. The van der Waals surface area contributed by atoms with E-state index in [1.54, 1.807) is 0 Å². The predicted molar refractivity (Wildman–Crippen MR) is 75.0 cm³/mol. The van der Waals surface area contributed by atoms with E-state index in [1.165, 1.54) is 0 Å². The fourth-order valence-corrected chi connectivity index (χ4v) is 2.32. The quantitative estimate of drug-likeness (QED) is 0.523. The van der Waals surface area contributed by atoms with Crippen LogP contribution in [0.5, 0.6) is 0 Å². The summed E-state index contributed by atoms with van der Waals surface area (Å²) in [5, 5.41) is 22.2. The van der Waals surface area contributed by atoms with Crippen LogP contribution in [0.15, 0.2) is 0 Å². The molecule has 1 heterocycles. The van der Waals surface area contributed by atoms with Crippen LogP contribution < -0.4 is 10.6 Å². The molecule has 0 spiro atoms. The second-order valence-electron chi connectivity index (χ2n) is 5.59. The third kappa shape index (κ3) is 5.99. The normalized spacial score (nSPS) is 20.2. The molecule has 8 heteroatoms. The first kappa shape index (κ1) is 17.2. The maximum Gasteiger partial charge on any atom is 0.326 e. The zero-order valence-corrected chi connectivity index (χ0v) is 12.3. The third-order valence-corrected chi connectivity index (χ3v) is 3.58. The number of carbonyl (C=O) groups is 3. The lowest BCUT2D eigenvalue weighted by Gasteiger charge is -2.20. The van der Waals surface area contributed by atoms with Crippen molar-refractivity contribution in [3.63, 3.8) is 0 Å². The van der Waals surface area contributed by atoms with Gasteiger partial charge in [0, 0.05) is 19.1 Å². The molecule has 2 atom stereocenters. The zero-order valence-electron chi connectivity index (χ0n) is 12.3. The molecule has 8 nitrogen and oxygen atoms in total. The SMILES string of the molecule is CC(C)N1CCC(CNC(=O)N[C@H](CC(=O)O)C(=O)O)C1. The fraction of sp³-hybridized carbons (Fsp3) is 0.769. The van der Waals surface area contributed by atoms with Crippen LogP contribution in [-0.4, -0.2) is 64.8 Å². The summed E-state index contributed by atoms with van der Waals surface area (Å²) in [6.07, 6.45) is 0.337. The minimum Gasteiger partial charge on any atom is -0.481 e. The number of likely N-dealkylation sites (tertiary alicyclic amines) is 1. The smallest absolute Gasteiger partial charge is 0.326 e. The molecule has 1 aliphatic rings. The van der Waals surface area contributed by atoms with E-state index in [0.717, 1.165) is 19.5 Å². The van der Waals surface area contributed by atoms with Crippen LogP contribution in [0.4, 0.5) is 4.79 Å². The van der Waals surface area contributed by atoms with Gasteiger partial charge in [-0.2, -0.15) is 0 Å². The van der Waals surface area contributed by atoms with Crippen molar-refractivity contribution in [3.8, 4) is 0 Å². The molecule has 1 unspecified atom stereocenters. The molecule has 0 aromatic carbocycles. The standard InChI is InChI=1S/C13H23N3O5/c1-8(2)16-4-3-9(7-16)6-14-13(21)15-10(12(19)20)5-11(17)18/h8-10H,3-7H2,1-2H3,(H,17,18)(H,19,20)(H2,14,15,21)/t9?,10-/m1/s1. The first-order valence-corrected chi connectivity index (χ1v) is 7.02. The van der Waals surface area contributed by atoms with Crippen LogP contribution in [-0.2, 0) is 9.59 Å². The second-order valence-corrected chi connectivity index (χ2v) is 5.59. The van der Waals surface area contributed by atoms with Gasteiger partial charge in [-0.15, -0.1) is 0 Å². The van der Waals surface area contributed by atoms with E-state index in [-0.39, 0.29) is 0 Å². The highest BCUT2D eigenvalue weighted by atomic mass is 16.4. The number of carboxylic acids is 2. The van der Waals surface area contributed by atoms with Gasteiger partial charge in [0.25, 0.3) is 0 Å². The average molecular weight is 301 g/mol. The molecular weight excluding hydrogens is 278 g/mol. The van der Waals surface area contributed by atoms with Gasteiger partial charge < -0.3 is 25.7 Å². The van der Waals surface area contributed by atoms with Gasteiger partial charge in [-0.1, -0.05) is 0 Å². The number of urea groups is 1. The van der Waals surface area contributed by atoms with Gasteiger partial charge in [0.15, 0.2) is 0 Å². The molecule has 1 fully saturated rings. The van der Waals surface area contributed by atoms with Crippen LogP contribution in [0.2, 0.25) is 0 Å². The Bertz CT molecular complexity index is 399. The van der Waals surface area contributed by atoms with Crippen molar-refractivity contribution >= 4 is 18.0 Å². The van der Waals surface area contributed by atoms with Gasteiger partial charge in [-0.3, -0.25) is 4.79 Å². The monoisotopic (exact) mass is 301 g/mol. The molecule has 120 valence electrons. The van der Waals surface area contributed by atoms with Crippen LogP contribution in [0.3, 0.4) is 0 Å². The Labute approximate surface area is 123 Å². The molecule has 1 saturated heterocycles. The maximum absolute atomic E-state index is 11.6. The molecule has 0 aliphatic carbocycles. The number of nitrogens with zero attached hydrogens (tertiary/aromatic N) is 1. The molecule has 0 radical (unpaired) electrons. The number of amides is 2. The van der Waals surface area contributed by atoms with Crippen molar-refractivity contribution in [1.29, 1.82) is 0 Å². The number of hydrogen-bond donors (Lipinski definition) is 4. The summed E-state index contributed by atoms with van der Waals surface area (Å²) in [5.74, 6) is -2.30. The Morgan fingerprint density at radius 2 is 1.95 bits per heavy atom. The van der Waals surface area contributed by atoms with Gasteiger partial charge in [0.1, 0.15) is 6.04 Å². The molecule has 0 saturated carbocycles. The predicted octanol–water partition coefficient (Wildman–Crippen LogP) is -0.0562. The molecule has 0 aromatic heterocycles. The summed E-state index contributed by atoms with van der Waals surface area (Å²) in [7, 11) is 0. The topological polar surface area (TPSA) is 119 Å². The molecule has 1 rings (SSSR count). The lowest BCUT2D eigenvalue weighted by atomic mass is 10.1. The average Bonchev–Trinajstić information content (AvgIpc) is 2.83. The molecule has 4 N–H and O–H groups in total. The van der Waals surface area contributed by atoms with E-state index in [4.69, 9.17) is 10.2 Å². The summed E-state index contributed by atoms with van der Waals surface area (Å²) in [6, 6.07) is -1.60. The van der Waals surface area contributed by atoms with Crippen molar-refractivity contribution in [2.24, 2.45) is 5.92 Å². The molecule has 1 aliphatic heterocycles. The van der Waals surface area contributed by atoms with Gasteiger partial charge in [-0.05, 0) is 32.7 Å². The Kier molecular flexibility index (Phi) is 6.41. The number of carbonyl (C=O) groups excluding carboxylic acids is 1. The van der Waals surface area contributed by atoms with Gasteiger partial charge in [0.2, 0.25) is 0 Å². The molecule has 0 aromatic rings. The lowest BCUT2D eigenvalue weighted by Crippen LogP contribution is -2.48. The Morgan fingerprint density at radius 3 is 2.43 bits per heavy atom. The fourth-order valence-electron chi connectivity index (χ4n) is 2.32. The largest absolute Gasteiger partial charge is 0.481 e. The van der Waals surface area contributed by atoms with Crippen LogP contribution in [0.1, 0.15) is 26.7 Å². The maximum atomic E-state index is 11.6. The molecular formula is C13H23N3O5. The van der Waals surface area contributed by atoms with Crippen molar-refractivity contribution in [2.45, 2.75) is 38.8 Å². The minimum absolute atomic E-state index is 0.334. The summed E-state index contributed by atoms with van der Waals surface area (Å²) < 4.78 is 0. The zero-order chi connectivity index (χ0) is 16.0. The number of aliphatic carboxylic acids is 2. The Hall–Kier alpha value is -1.83. The minimum atomic E-state index is -1.42. The highest BCUT2D eigenvalue weighted by molar-refractivity contribution is 5.86. The summed E-state index contributed by atoms with van der Waals surface area (Å²) in [5.41, 5.74) is 0. The van der Waals surface area contributed by atoms with Gasteiger partial charge >= 0.3 is 18.0 Å². The van der Waals surface area contributed by atoms with Crippen LogP contribution >= 0.6 is 0 Å². The number of carboxylic acid groups (broad SMARTS) is 2. The summed E-state index contributed by atoms with van der Waals surface area (Å²) >= 11 is 0. The van der Waals surface area contributed by atoms with Crippen molar-refractivity contribution in [2.75, 3.05) is 19.6 Å². The Balaban J connectivity index is 2.33. The van der Waals surface area contributed by atoms with Gasteiger partial charge in [0.05, 0.1) is 6.42 Å². The first-order chi connectivity index (χ1) is 9.79. The number of rotatable bonds is 7.